The van der Waals surface area contributed by atoms with Gasteiger partial charge in [-0.3, -0.25) is 4.79 Å². The van der Waals surface area contributed by atoms with Gasteiger partial charge in [-0.1, -0.05) is 24.3 Å². The summed E-state index contributed by atoms with van der Waals surface area (Å²) in [6, 6.07) is 15.1. The van der Waals surface area contributed by atoms with Gasteiger partial charge in [-0.2, -0.15) is 10.4 Å². The molecule has 0 saturated heterocycles. The Balaban J connectivity index is 1.85. The number of nitrogens with zero attached hydrogens (tertiary/aromatic N) is 2. The highest BCUT2D eigenvalue weighted by atomic mass is 16.5. The Bertz CT molecular complexity index is 735. The highest BCUT2D eigenvalue weighted by molar-refractivity contribution is 5.83. The van der Waals surface area contributed by atoms with Gasteiger partial charge in [0.2, 0.25) is 0 Å². The minimum atomic E-state index is -0.454. The maximum atomic E-state index is 11.6. The number of benzene rings is 2. The number of rotatable bonds is 5. The zero-order valence-corrected chi connectivity index (χ0v) is 11.6. The Morgan fingerprint density at radius 3 is 2.91 bits per heavy atom. The van der Waals surface area contributed by atoms with Gasteiger partial charge in [0.15, 0.2) is 6.61 Å². The smallest absolute Gasteiger partial charge is 0.277 e. The van der Waals surface area contributed by atoms with Gasteiger partial charge in [0.25, 0.3) is 5.91 Å². The third kappa shape index (κ3) is 4.35. The standard InChI is InChI=1S/C16H13N3O3/c17-9-13-5-1-2-7-15(13)22-11-16(21)19-18-10-12-4-3-6-14(20)8-12/h1-8,10,20H,11H2,(H,19,21)/b18-10-. The Kier molecular flexibility index (Phi) is 5.10. The van der Waals surface area contributed by atoms with Crippen molar-refractivity contribution in [2.75, 3.05) is 6.61 Å². The molecule has 0 aliphatic rings. The third-order valence-electron chi connectivity index (χ3n) is 2.64. The molecule has 0 aliphatic carbocycles. The van der Waals surface area contributed by atoms with Gasteiger partial charge in [0.05, 0.1) is 11.8 Å². The molecule has 0 unspecified atom stereocenters. The highest BCUT2D eigenvalue weighted by Gasteiger charge is 2.05. The van der Waals surface area contributed by atoms with Crippen molar-refractivity contribution in [3.05, 3.63) is 59.7 Å². The van der Waals surface area contributed by atoms with Gasteiger partial charge in [-0.25, -0.2) is 5.43 Å². The van der Waals surface area contributed by atoms with E-state index in [2.05, 4.69) is 10.5 Å². The normalized spacial score (nSPS) is 10.1. The summed E-state index contributed by atoms with van der Waals surface area (Å²) >= 11 is 0. The number of hydrogen-bond acceptors (Lipinski definition) is 5. The van der Waals surface area contributed by atoms with Gasteiger partial charge in [-0.15, -0.1) is 0 Å². The molecule has 0 aliphatic heterocycles. The maximum absolute atomic E-state index is 11.6. The molecule has 0 saturated carbocycles. The van der Waals surface area contributed by atoms with E-state index in [4.69, 9.17) is 10.00 Å². The largest absolute Gasteiger partial charge is 0.508 e. The average Bonchev–Trinajstić information content (AvgIpc) is 2.53. The summed E-state index contributed by atoms with van der Waals surface area (Å²) in [5.41, 5.74) is 3.31. The lowest BCUT2D eigenvalue weighted by Crippen LogP contribution is -2.24. The van der Waals surface area contributed by atoms with Crippen LogP contribution in [-0.2, 0) is 4.79 Å². The summed E-state index contributed by atoms with van der Waals surface area (Å²) in [5.74, 6) is 0.00739. The molecule has 2 N–H and O–H groups in total. The summed E-state index contributed by atoms with van der Waals surface area (Å²) in [6.45, 7) is -0.254. The fourth-order valence-electron chi connectivity index (χ4n) is 1.64. The van der Waals surface area contributed by atoms with Crippen LogP contribution in [0, 0.1) is 11.3 Å². The van der Waals surface area contributed by atoms with E-state index >= 15 is 0 Å². The monoisotopic (exact) mass is 295 g/mol. The number of ether oxygens (including phenoxy) is 1. The first-order valence-corrected chi connectivity index (χ1v) is 6.42. The zero-order valence-electron chi connectivity index (χ0n) is 11.6. The quantitative estimate of drug-likeness (QED) is 0.649. The van der Waals surface area contributed by atoms with Crippen LogP contribution in [0.3, 0.4) is 0 Å². The van der Waals surface area contributed by atoms with Crippen LogP contribution in [0.5, 0.6) is 11.5 Å². The van der Waals surface area contributed by atoms with E-state index in [9.17, 15) is 9.90 Å². The molecule has 0 aromatic heterocycles. The van der Waals surface area contributed by atoms with Crippen LogP contribution in [0.2, 0.25) is 0 Å². The summed E-state index contributed by atoms with van der Waals surface area (Å²) in [7, 11) is 0. The van der Waals surface area contributed by atoms with Crippen LogP contribution in [-0.4, -0.2) is 23.8 Å². The molecule has 0 heterocycles. The van der Waals surface area contributed by atoms with E-state index < -0.39 is 5.91 Å². The summed E-state index contributed by atoms with van der Waals surface area (Å²) in [5, 5.41) is 21.9. The predicted molar refractivity (Wildman–Crippen MR) is 80.5 cm³/mol. The van der Waals surface area contributed by atoms with Crippen LogP contribution >= 0.6 is 0 Å². The van der Waals surface area contributed by atoms with Gasteiger partial charge >= 0.3 is 0 Å². The Morgan fingerprint density at radius 1 is 1.32 bits per heavy atom. The molecule has 6 heteroatoms. The third-order valence-corrected chi connectivity index (χ3v) is 2.64. The van der Waals surface area contributed by atoms with Crippen molar-refractivity contribution < 1.29 is 14.6 Å². The van der Waals surface area contributed by atoms with E-state index in [0.717, 1.165) is 0 Å². The maximum Gasteiger partial charge on any atom is 0.277 e. The Labute approximate surface area is 127 Å². The first-order valence-electron chi connectivity index (χ1n) is 6.42. The summed E-state index contributed by atoms with van der Waals surface area (Å²) in [4.78, 5) is 11.6. The summed E-state index contributed by atoms with van der Waals surface area (Å²) < 4.78 is 5.26. The van der Waals surface area contributed by atoms with Gasteiger partial charge in [0.1, 0.15) is 17.6 Å². The number of hydrogen-bond donors (Lipinski definition) is 2. The molecule has 0 radical (unpaired) electrons. The second-order valence-corrected chi connectivity index (χ2v) is 4.28. The van der Waals surface area contributed by atoms with Crippen molar-refractivity contribution in [1.82, 2.24) is 5.43 Å². The molecule has 22 heavy (non-hydrogen) atoms. The van der Waals surface area contributed by atoms with Crippen molar-refractivity contribution in [3.63, 3.8) is 0 Å². The number of nitrogens with one attached hydrogen (secondary N) is 1. The van der Waals surface area contributed by atoms with Crippen LogP contribution in [0.1, 0.15) is 11.1 Å². The fraction of sp³-hybridized carbons (Fsp3) is 0.0625. The summed E-state index contributed by atoms with van der Waals surface area (Å²) in [6.07, 6.45) is 1.40. The molecule has 1 amide bonds. The van der Waals surface area contributed by atoms with Gasteiger partial charge in [0, 0.05) is 0 Å². The van der Waals surface area contributed by atoms with Crippen molar-refractivity contribution in [2.45, 2.75) is 0 Å². The molecule has 110 valence electrons. The number of carbonyl (C=O) groups is 1. The van der Waals surface area contributed by atoms with Crippen molar-refractivity contribution >= 4 is 12.1 Å². The highest BCUT2D eigenvalue weighted by Crippen LogP contribution is 2.16. The lowest BCUT2D eigenvalue weighted by atomic mass is 10.2. The number of para-hydroxylation sites is 1. The predicted octanol–water partition coefficient (Wildman–Crippen LogP) is 1.79. The van der Waals surface area contributed by atoms with Crippen molar-refractivity contribution in [2.24, 2.45) is 5.10 Å². The van der Waals surface area contributed by atoms with E-state index in [-0.39, 0.29) is 12.4 Å². The number of carbonyl (C=O) groups excluding carboxylic acids is 1. The van der Waals surface area contributed by atoms with Crippen LogP contribution in [0.25, 0.3) is 0 Å². The fourth-order valence-corrected chi connectivity index (χ4v) is 1.64. The average molecular weight is 295 g/mol. The number of nitriles is 1. The van der Waals surface area contributed by atoms with Gasteiger partial charge < -0.3 is 9.84 Å². The van der Waals surface area contributed by atoms with E-state index in [0.29, 0.717) is 16.9 Å². The molecule has 0 spiro atoms. The number of aromatic hydroxyl groups is 1. The topological polar surface area (TPSA) is 94.7 Å². The molecule has 2 aromatic carbocycles. The number of phenolic OH excluding ortho intramolecular Hbond substituents is 1. The molecular formula is C16H13N3O3. The lowest BCUT2D eigenvalue weighted by molar-refractivity contribution is -0.123. The molecule has 0 atom stereocenters. The van der Waals surface area contributed by atoms with Crippen molar-refractivity contribution in [1.29, 1.82) is 5.26 Å². The molecule has 0 fully saturated rings. The first-order chi connectivity index (χ1) is 10.7. The molecule has 6 nitrogen and oxygen atoms in total. The van der Waals surface area contributed by atoms with Crippen LogP contribution in [0.4, 0.5) is 0 Å². The van der Waals surface area contributed by atoms with Crippen LogP contribution < -0.4 is 10.2 Å². The minimum absolute atomic E-state index is 0.117. The SMILES string of the molecule is N#Cc1ccccc1OCC(=O)N/N=C\c1cccc(O)c1. The molecule has 2 rings (SSSR count). The lowest BCUT2D eigenvalue weighted by Gasteiger charge is -2.06. The van der Waals surface area contributed by atoms with E-state index in [1.165, 1.54) is 18.3 Å². The van der Waals surface area contributed by atoms with Crippen LogP contribution in [0.15, 0.2) is 53.6 Å². The van der Waals surface area contributed by atoms with E-state index in [1.807, 2.05) is 6.07 Å². The number of amides is 1. The zero-order chi connectivity index (χ0) is 15.8. The molecule has 0 bridgehead atoms. The Morgan fingerprint density at radius 2 is 2.14 bits per heavy atom. The Hall–Kier alpha value is -3.33. The van der Waals surface area contributed by atoms with E-state index in [1.54, 1.807) is 36.4 Å². The minimum Gasteiger partial charge on any atom is -0.508 e. The second kappa shape index (κ2) is 7.45. The molecule has 2 aromatic rings. The number of phenols is 1. The van der Waals surface area contributed by atoms with Gasteiger partial charge in [-0.05, 0) is 29.8 Å². The molecular weight excluding hydrogens is 282 g/mol. The van der Waals surface area contributed by atoms with Crippen molar-refractivity contribution in [3.8, 4) is 17.6 Å². The second-order valence-electron chi connectivity index (χ2n) is 4.28. The first kappa shape index (κ1) is 15.1. The number of hydrazone groups is 1.